The highest BCUT2D eigenvalue weighted by molar-refractivity contribution is 8.01. The molecule has 0 bridgehead atoms. The Bertz CT molecular complexity index is 1090. The van der Waals surface area contributed by atoms with Crippen molar-refractivity contribution in [3.63, 3.8) is 0 Å². The predicted octanol–water partition coefficient (Wildman–Crippen LogP) is 4.97. The summed E-state index contributed by atoms with van der Waals surface area (Å²) in [5.41, 5.74) is 8.61. The summed E-state index contributed by atoms with van der Waals surface area (Å²) in [6.07, 6.45) is 1.85. The Balaban J connectivity index is 1.20. The van der Waals surface area contributed by atoms with Crippen molar-refractivity contribution in [3.8, 4) is 10.6 Å². The molecule has 2 heterocycles. The largest absolute Gasteiger partial charge is 0.399 e. The number of nitrogens with two attached hydrogens (primary N) is 1. The van der Waals surface area contributed by atoms with E-state index >= 15 is 0 Å². The summed E-state index contributed by atoms with van der Waals surface area (Å²) in [7, 11) is 0. The van der Waals surface area contributed by atoms with Crippen LogP contribution in [-0.4, -0.2) is 45.9 Å². The molecule has 2 aromatic carbocycles. The van der Waals surface area contributed by atoms with Crippen molar-refractivity contribution >= 4 is 57.9 Å². The number of carbonyl (C=O) groups is 1. The Morgan fingerprint density at radius 1 is 1.16 bits per heavy atom. The number of carbonyl (C=O) groups excluding carboxylic acids is 1. The number of nitrogens with zero attached hydrogens (tertiary/aromatic N) is 3. The zero-order valence-corrected chi connectivity index (χ0v) is 20.4. The maximum atomic E-state index is 12.4. The minimum absolute atomic E-state index is 0.0265. The van der Waals surface area contributed by atoms with Gasteiger partial charge in [-0.1, -0.05) is 64.5 Å². The molecule has 0 spiro atoms. The Kier molecular flexibility index (Phi) is 7.91. The highest BCUT2D eigenvalue weighted by atomic mass is 35.5. The molecule has 3 N–H and O–H groups in total. The van der Waals surface area contributed by atoms with Crippen LogP contribution in [0.2, 0.25) is 10.0 Å². The van der Waals surface area contributed by atoms with Gasteiger partial charge in [-0.05, 0) is 42.7 Å². The van der Waals surface area contributed by atoms with E-state index in [0.29, 0.717) is 21.5 Å². The lowest BCUT2D eigenvalue weighted by Crippen LogP contribution is -2.44. The van der Waals surface area contributed by atoms with Crippen LogP contribution in [0.5, 0.6) is 0 Å². The summed E-state index contributed by atoms with van der Waals surface area (Å²) < 4.78 is 0.772. The minimum atomic E-state index is 0.0265. The molecule has 1 saturated heterocycles. The lowest BCUT2D eigenvalue weighted by Gasteiger charge is -2.32. The lowest BCUT2D eigenvalue weighted by atomic mass is 10.0. The predicted molar refractivity (Wildman–Crippen MR) is 133 cm³/mol. The van der Waals surface area contributed by atoms with Gasteiger partial charge in [0.2, 0.25) is 5.91 Å². The molecule has 1 amide bonds. The number of thioether (sulfide) groups is 1. The van der Waals surface area contributed by atoms with Crippen molar-refractivity contribution in [1.29, 1.82) is 0 Å². The molecule has 0 aliphatic carbocycles. The van der Waals surface area contributed by atoms with E-state index in [4.69, 9.17) is 28.9 Å². The van der Waals surface area contributed by atoms with Gasteiger partial charge in [0, 0.05) is 36.9 Å². The molecule has 3 aromatic rings. The van der Waals surface area contributed by atoms with Gasteiger partial charge in [-0.25, -0.2) is 0 Å². The third-order valence-corrected chi connectivity index (χ3v) is 8.05. The van der Waals surface area contributed by atoms with E-state index < -0.39 is 0 Å². The quantitative estimate of drug-likeness (QED) is 0.347. The van der Waals surface area contributed by atoms with Crippen molar-refractivity contribution in [3.05, 3.63) is 58.1 Å². The molecule has 168 valence electrons. The maximum absolute atomic E-state index is 12.4. The molecule has 0 atom stereocenters. The second kappa shape index (κ2) is 10.9. The average Bonchev–Trinajstić information content (AvgIpc) is 3.26. The fourth-order valence-electron chi connectivity index (χ4n) is 3.58. The first-order valence-corrected chi connectivity index (χ1v) is 12.8. The molecule has 1 aliphatic heterocycles. The van der Waals surface area contributed by atoms with Crippen molar-refractivity contribution < 1.29 is 4.79 Å². The Labute approximate surface area is 205 Å². The zero-order chi connectivity index (χ0) is 22.5. The smallest absolute Gasteiger partial charge is 0.230 e. The fraction of sp³-hybridized carbons (Fsp3) is 0.318. The first-order chi connectivity index (χ1) is 15.5. The summed E-state index contributed by atoms with van der Waals surface area (Å²) in [5.74, 6) is 0.355. The number of halogens is 2. The molecular formula is C22H23Cl2N5OS2. The number of anilines is 1. The average molecular weight is 509 g/mol. The molecule has 1 fully saturated rings. The fourth-order valence-corrected chi connectivity index (χ4v) is 5.56. The summed E-state index contributed by atoms with van der Waals surface area (Å²) in [4.78, 5) is 14.8. The van der Waals surface area contributed by atoms with Gasteiger partial charge >= 0.3 is 0 Å². The van der Waals surface area contributed by atoms with E-state index in [-0.39, 0.29) is 11.9 Å². The summed E-state index contributed by atoms with van der Waals surface area (Å²) in [5, 5.41) is 13.5. The molecular weight excluding hydrogens is 485 g/mol. The van der Waals surface area contributed by atoms with Gasteiger partial charge in [0.05, 0.1) is 15.8 Å². The molecule has 0 radical (unpaired) electrons. The third kappa shape index (κ3) is 6.36. The van der Waals surface area contributed by atoms with E-state index in [1.165, 1.54) is 23.1 Å². The summed E-state index contributed by atoms with van der Waals surface area (Å²) >= 11 is 15.0. The number of likely N-dealkylation sites (tertiary alicyclic amines) is 1. The third-order valence-electron chi connectivity index (χ3n) is 5.21. The molecule has 1 aromatic heterocycles. The number of rotatable bonds is 7. The van der Waals surface area contributed by atoms with E-state index in [9.17, 15) is 4.79 Å². The van der Waals surface area contributed by atoms with Crippen molar-refractivity contribution in [2.45, 2.75) is 29.8 Å². The maximum Gasteiger partial charge on any atom is 0.230 e. The molecule has 0 saturated carbocycles. The van der Waals surface area contributed by atoms with Crippen molar-refractivity contribution in [2.24, 2.45) is 0 Å². The Morgan fingerprint density at radius 3 is 2.72 bits per heavy atom. The van der Waals surface area contributed by atoms with Crippen LogP contribution in [-0.2, 0) is 11.3 Å². The van der Waals surface area contributed by atoms with Crippen LogP contribution in [0.4, 0.5) is 5.69 Å². The van der Waals surface area contributed by atoms with Gasteiger partial charge < -0.3 is 11.1 Å². The van der Waals surface area contributed by atoms with Gasteiger partial charge in [0.25, 0.3) is 0 Å². The molecule has 0 unspecified atom stereocenters. The van der Waals surface area contributed by atoms with E-state index in [1.54, 1.807) is 0 Å². The van der Waals surface area contributed by atoms with Crippen LogP contribution in [0.3, 0.4) is 0 Å². The normalized spacial score (nSPS) is 15.1. The molecule has 32 heavy (non-hydrogen) atoms. The second-order valence-corrected chi connectivity index (χ2v) is 10.7. The Hall–Kier alpha value is -1.84. The van der Waals surface area contributed by atoms with E-state index in [1.807, 2.05) is 42.5 Å². The van der Waals surface area contributed by atoms with Crippen LogP contribution >= 0.6 is 46.3 Å². The first-order valence-electron chi connectivity index (χ1n) is 10.2. The van der Waals surface area contributed by atoms with Gasteiger partial charge in [-0.2, -0.15) is 0 Å². The van der Waals surface area contributed by atoms with Gasteiger partial charge in [-0.15, -0.1) is 10.2 Å². The SMILES string of the molecule is Nc1cccc(-c2nnc(SCC(=O)NC3CCN(Cc4ccc(Cl)c(Cl)c4)CC3)s2)c1. The number of hydrogen-bond acceptors (Lipinski definition) is 7. The van der Waals surface area contributed by atoms with Crippen LogP contribution in [0.15, 0.2) is 46.8 Å². The number of amides is 1. The lowest BCUT2D eigenvalue weighted by molar-refractivity contribution is -0.119. The van der Waals surface area contributed by atoms with Crippen molar-refractivity contribution in [2.75, 3.05) is 24.6 Å². The number of aromatic nitrogens is 2. The Morgan fingerprint density at radius 2 is 1.97 bits per heavy atom. The van der Waals surface area contributed by atoms with Gasteiger partial charge in [0.1, 0.15) is 5.01 Å². The first kappa shape index (κ1) is 23.3. The monoisotopic (exact) mass is 507 g/mol. The number of piperidine rings is 1. The number of hydrogen-bond donors (Lipinski definition) is 2. The molecule has 4 rings (SSSR count). The van der Waals surface area contributed by atoms with Crippen LogP contribution in [0, 0.1) is 0 Å². The standard InChI is InChI=1S/C22H23Cl2N5OS2/c23-18-5-4-14(10-19(18)24)12-29-8-6-17(7-9-29)26-20(30)13-31-22-28-27-21(32-22)15-2-1-3-16(25)11-15/h1-5,10-11,17H,6-9,12-13,25H2,(H,26,30). The molecule has 10 heteroatoms. The van der Waals surface area contributed by atoms with Gasteiger partial charge in [-0.3, -0.25) is 9.69 Å². The van der Waals surface area contributed by atoms with Crippen LogP contribution in [0.1, 0.15) is 18.4 Å². The second-order valence-electron chi connectivity index (χ2n) is 7.65. The molecule has 1 aliphatic rings. The van der Waals surface area contributed by atoms with Crippen LogP contribution < -0.4 is 11.1 Å². The highest BCUT2D eigenvalue weighted by Gasteiger charge is 2.21. The van der Waals surface area contributed by atoms with E-state index in [2.05, 4.69) is 20.4 Å². The highest BCUT2D eigenvalue weighted by Crippen LogP contribution is 2.30. The number of nitrogens with one attached hydrogen (secondary N) is 1. The summed E-state index contributed by atoms with van der Waals surface area (Å²) in [6.45, 7) is 2.69. The van der Waals surface area contributed by atoms with E-state index in [0.717, 1.165) is 53.0 Å². The minimum Gasteiger partial charge on any atom is -0.399 e. The number of nitrogen functional groups attached to an aromatic ring is 1. The van der Waals surface area contributed by atoms with Gasteiger partial charge in [0.15, 0.2) is 4.34 Å². The van der Waals surface area contributed by atoms with Crippen LogP contribution in [0.25, 0.3) is 10.6 Å². The summed E-state index contributed by atoms with van der Waals surface area (Å²) in [6, 6.07) is 13.5. The topological polar surface area (TPSA) is 84.1 Å². The molecule has 6 nitrogen and oxygen atoms in total. The zero-order valence-electron chi connectivity index (χ0n) is 17.3. The van der Waals surface area contributed by atoms with Crippen molar-refractivity contribution in [1.82, 2.24) is 20.4 Å². The number of benzene rings is 2.